The second-order valence-corrected chi connectivity index (χ2v) is 15.1. The van der Waals surface area contributed by atoms with Gasteiger partial charge in [0.2, 0.25) is 5.91 Å². The zero-order valence-electron chi connectivity index (χ0n) is 34.0. The van der Waals surface area contributed by atoms with Crippen molar-refractivity contribution in [1.29, 1.82) is 0 Å². The summed E-state index contributed by atoms with van der Waals surface area (Å²) < 4.78 is 5.86. The maximum absolute atomic E-state index is 13.0. The normalized spacial score (nSPS) is 13.6. The lowest BCUT2D eigenvalue weighted by Gasteiger charge is -2.24. The molecule has 300 valence electrons. The fourth-order valence-electron chi connectivity index (χ4n) is 6.60. The lowest BCUT2D eigenvalue weighted by molar-refractivity contribution is -0.151. The van der Waals surface area contributed by atoms with Crippen molar-refractivity contribution in [2.24, 2.45) is 0 Å². The van der Waals surface area contributed by atoms with E-state index < -0.39 is 18.2 Å². The quantitative estimate of drug-likeness (QED) is 0.0334. The molecule has 0 fully saturated rings. The summed E-state index contributed by atoms with van der Waals surface area (Å²) in [5, 5.41) is 23.5. The number of hydrogen-bond donors (Lipinski definition) is 3. The van der Waals surface area contributed by atoms with E-state index in [1.807, 2.05) is 0 Å². The van der Waals surface area contributed by atoms with Gasteiger partial charge in [-0.25, -0.2) is 0 Å². The smallest absolute Gasteiger partial charge is 0.306 e. The molecule has 0 rings (SSSR count). The lowest BCUT2D eigenvalue weighted by Crippen LogP contribution is -2.46. The van der Waals surface area contributed by atoms with Crippen LogP contribution < -0.4 is 5.32 Å². The number of esters is 1. The second-order valence-electron chi connectivity index (χ2n) is 15.1. The molecule has 0 heterocycles. The van der Waals surface area contributed by atoms with Gasteiger partial charge >= 0.3 is 5.97 Å². The summed E-state index contributed by atoms with van der Waals surface area (Å²) in [4.78, 5) is 25.8. The largest absolute Gasteiger partial charge is 0.462 e. The number of aliphatic hydroxyl groups excluding tert-OH is 2. The van der Waals surface area contributed by atoms with E-state index in [9.17, 15) is 19.8 Å². The first-order valence-electron chi connectivity index (χ1n) is 22.1. The van der Waals surface area contributed by atoms with Crippen LogP contribution in [0.25, 0.3) is 0 Å². The first-order chi connectivity index (χ1) is 25.0. The summed E-state index contributed by atoms with van der Waals surface area (Å²) in [6, 6.07) is -0.699. The minimum Gasteiger partial charge on any atom is -0.462 e. The molecule has 51 heavy (non-hydrogen) atoms. The molecule has 0 aliphatic carbocycles. The van der Waals surface area contributed by atoms with Crippen LogP contribution in [0, 0.1) is 0 Å². The van der Waals surface area contributed by atoms with E-state index in [1.165, 1.54) is 103 Å². The van der Waals surface area contributed by atoms with Gasteiger partial charge in [-0.2, -0.15) is 0 Å². The minimum atomic E-state index is -0.785. The highest BCUT2D eigenvalue weighted by Gasteiger charge is 2.24. The lowest BCUT2D eigenvalue weighted by atomic mass is 10.0. The van der Waals surface area contributed by atoms with Crippen LogP contribution in [0.4, 0.5) is 0 Å². The van der Waals surface area contributed by atoms with Crippen LogP contribution in [-0.2, 0) is 14.3 Å². The van der Waals surface area contributed by atoms with Crippen molar-refractivity contribution in [3.05, 3.63) is 24.3 Å². The average Bonchev–Trinajstić information content (AvgIpc) is 3.12. The number of carbonyl (C=O) groups is 2. The Balaban J connectivity index is 4.49. The Morgan fingerprint density at radius 3 is 1.51 bits per heavy atom. The van der Waals surface area contributed by atoms with Gasteiger partial charge in [0.25, 0.3) is 0 Å². The molecule has 0 aromatic heterocycles. The third-order valence-corrected chi connectivity index (χ3v) is 9.98. The van der Waals surface area contributed by atoms with Crippen LogP contribution in [0.2, 0.25) is 0 Å². The van der Waals surface area contributed by atoms with E-state index in [0.717, 1.165) is 77.0 Å². The number of rotatable bonds is 39. The highest BCUT2D eigenvalue weighted by molar-refractivity contribution is 5.77. The highest BCUT2D eigenvalue weighted by Crippen LogP contribution is 2.17. The number of hydrogen-bond acceptors (Lipinski definition) is 5. The molecule has 0 saturated heterocycles. The van der Waals surface area contributed by atoms with E-state index in [-0.39, 0.29) is 24.9 Å². The van der Waals surface area contributed by atoms with E-state index in [2.05, 4.69) is 50.4 Å². The average molecular weight is 720 g/mol. The van der Waals surface area contributed by atoms with Crippen molar-refractivity contribution in [2.75, 3.05) is 6.61 Å². The number of ether oxygens (including phenoxy) is 1. The van der Waals surface area contributed by atoms with Crippen molar-refractivity contribution in [3.63, 3.8) is 0 Å². The predicted octanol–water partition coefficient (Wildman–Crippen LogP) is 12.4. The summed E-state index contributed by atoms with van der Waals surface area (Å²) >= 11 is 0. The predicted molar refractivity (Wildman–Crippen MR) is 218 cm³/mol. The van der Waals surface area contributed by atoms with Crippen LogP contribution in [0.1, 0.15) is 226 Å². The van der Waals surface area contributed by atoms with Crippen molar-refractivity contribution < 1.29 is 24.5 Å². The van der Waals surface area contributed by atoms with Crippen LogP contribution >= 0.6 is 0 Å². The number of aliphatic hydroxyl groups is 2. The van der Waals surface area contributed by atoms with Gasteiger partial charge in [0.15, 0.2) is 0 Å². The Kier molecular flexibility index (Phi) is 38.3. The van der Waals surface area contributed by atoms with Gasteiger partial charge in [-0.1, -0.05) is 167 Å². The summed E-state index contributed by atoms with van der Waals surface area (Å²) in [7, 11) is 0. The van der Waals surface area contributed by atoms with Crippen molar-refractivity contribution >= 4 is 11.9 Å². The molecule has 3 unspecified atom stereocenters. The summed E-state index contributed by atoms with van der Waals surface area (Å²) in [5.74, 6) is -0.496. The molecule has 0 spiro atoms. The van der Waals surface area contributed by atoms with E-state index >= 15 is 0 Å². The standard InChI is InChI=1S/C45H85NO5/c1-4-7-10-13-16-19-20-21-22-23-24-26-29-32-35-38-45(50)51-41(36-33-30-27-18-15-12-9-6-3)39-44(49)46-42(40-47)43(48)37-34-31-28-25-17-14-11-8-5-2/h12,15,19-20,41-43,47-48H,4-11,13-14,16-18,21-40H2,1-3H3,(H,46,49)/b15-12-,20-19-. The Bertz CT molecular complexity index is 812. The molecule has 1 amide bonds. The van der Waals surface area contributed by atoms with Crippen LogP contribution in [0.15, 0.2) is 24.3 Å². The Morgan fingerprint density at radius 2 is 0.980 bits per heavy atom. The van der Waals surface area contributed by atoms with Gasteiger partial charge in [0, 0.05) is 6.42 Å². The van der Waals surface area contributed by atoms with Gasteiger partial charge in [0.05, 0.1) is 25.2 Å². The zero-order valence-corrected chi connectivity index (χ0v) is 34.0. The van der Waals surface area contributed by atoms with Gasteiger partial charge in [-0.3, -0.25) is 9.59 Å². The molecule has 6 nitrogen and oxygen atoms in total. The molecule has 0 aliphatic rings. The fourth-order valence-corrected chi connectivity index (χ4v) is 6.60. The number of unbranched alkanes of at least 4 members (excludes halogenated alkanes) is 23. The Morgan fingerprint density at radius 1 is 0.549 bits per heavy atom. The zero-order chi connectivity index (χ0) is 37.5. The maximum Gasteiger partial charge on any atom is 0.306 e. The number of nitrogens with one attached hydrogen (secondary N) is 1. The van der Waals surface area contributed by atoms with E-state index in [1.54, 1.807) is 0 Å². The first kappa shape index (κ1) is 49.3. The molecule has 6 heteroatoms. The van der Waals surface area contributed by atoms with Crippen molar-refractivity contribution in [1.82, 2.24) is 5.32 Å². The molecule has 0 bridgehead atoms. The topological polar surface area (TPSA) is 95.9 Å². The number of allylic oxidation sites excluding steroid dienone is 4. The minimum absolute atomic E-state index is 0.0669. The third kappa shape index (κ3) is 35.2. The van der Waals surface area contributed by atoms with Gasteiger partial charge in [-0.15, -0.1) is 0 Å². The number of amides is 1. The third-order valence-electron chi connectivity index (χ3n) is 9.98. The molecule has 0 aromatic rings. The fraction of sp³-hybridized carbons (Fsp3) is 0.867. The molecule has 0 radical (unpaired) electrons. The van der Waals surface area contributed by atoms with Crippen LogP contribution in [-0.4, -0.2) is 46.9 Å². The highest BCUT2D eigenvalue weighted by atomic mass is 16.5. The van der Waals surface area contributed by atoms with Crippen LogP contribution in [0.3, 0.4) is 0 Å². The van der Waals surface area contributed by atoms with Crippen molar-refractivity contribution in [2.45, 2.75) is 244 Å². The van der Waals surface area contributed by atoms with Gasteiger partial charge in [-0.05, 0) is 70.6 Å². The molecule has 3 N–H and O–H groups in total. The summed E-state index contributed by atoms with van der Waals surface area (Å²) in [6.07, 6.45) is 42.5. The molecule has 3 atom stereocenters. The molecule has 0 saturated carbocycles. The Hall–Kier alpha value is -1.66. The maximum atomic E-state index is 13.0. The molecular weight excluding hydrogens is 634 g/mol. The van der Waals surface area contributed by atoms with Gasteiger partial charge in [0.1, 0.15) is 6.10 Å². The molecule has 0 aromatic carbocycles. The second kappa shape index (κ2) is 39.5. The monoisotopic (exact) mass is 720 g/mol. The number of carbonyl (C=O) groups excluding carboxylic acids is 2. The molecular formula is C45H85NO5. The van der Waals surface area contributed by atoms with Crippen LogP contribution in [0.5, 0.6) is 0 Å². The SMILES string of the molecule is CCC/C=C\CCCCCC(CC(=O)NC(CO)C(O)CCCCCCCCCCC)OC(=O)CCCCCCCCC/C=C\CCCCCC. The molecule has 0 aliphatic heterocycles. The first-order valence-corrected chi connectivity index (χ1v) is 22.1. The van der Waals surface area contributed by atoms with Crippen molar-refractivity contribution in [3.8, 4) is 0 Å². The Labute approximate surface area is 316 Å². The van der Waals surface area contributed by atoms with E-state index in [4.69, 9.17) is 4.74 Å². The van der Waals surface area contributed by atoms with Gasteiger partial charge < -0.3 is 20.3 Å². The summed E-state index contributed by atoms with van der Waals surface area (Å²) in [5.41, 5.74) is 0. The summed E-state index contributed by atoms with van der Waals surface area (Å²) in [6.45, 7) is 6.36. The van der Waals surface area contributed by atoms with E-state index in [0.29, 0.717) is 19.3 Å².